The van der Waals surface area contributed by atoms with E-state index in [1.165, 1.54) is 22.3 Å². The summed E-state index contributed by atoms with van der Waals surface area (Å²) in [5.74, 6) is 0.0356. The number of aryl methyl sites for hydroxylation is 3. The predicted octanol–water partition coefficient (Wildman–Crippen LogP) is 7.70. The average molecular weight is 449 g/mol. The molecule has 6 rings (SSSR count). The van der Waals surface area contributed by atoms with Crippen LogP contribution in [0.5, 0.6) is 0 Å². The van der Waals surface area contributed by atoms with Crippen LogP contribution in [0.25, 0.3) is 37.6 Å². The fourth-order valence-electron chi connectivity index (χ4n) is 4.90. The van der Waals surface area contributed by atoms with E-state index in [1.54, 1.807) is 17.4 Å². The van der Waals surface area contributed by atoms with Gasteiger partial charge < -0.3 is 4.42 Å². The van der Waals surface area contributed by atoms with Gasteiger partial charge in [0.05, 0.1) is 10.3 Å². The van der Waals surface area contributed by atoms with Crippen LogP contribution in [0.4, 0.5) is 0 Å². The molecule has 0 spiro atoms. The van der Waals surface area contributed by atoms with Crippen LogP contribution in [0.15, 0.2) is 70.7 Å². The van der Waals surface area contributed by atoms with E-state index < -0.39 is 0 Å². The number of allylic oxidation sites excluding steroid dienone is 1. The van der Waals surface area contributed by atoms with E-state index in [1.807, 2.05) is 48.5 Å². The number of thiophene rings is 1. The van der Waals surface area contributed by atoms with Gasteiger partial charge in [0, 0.05) is 28.1 Å². The molecule has 4 heteroatoms. The number of carbonyl (C=O) groups is 2. The molecule has 0 fully saturated rings. The molecular formula is C29H20O3S. The minimum Gasteiger partial charge on any atom is -0.456 e. The smallest absolute Gasteiger partial charge is 0.197 e. The van der Waals surface area contributed by atoms with E-state index in [9.17, 15) is 9.59 Å². The highest BCUT2D eigenvalue weighted by atomic mass is 32.1. The maximum absolute atomic E-state index is 13.0. The van der Waals surface area contributed by atoms with E-state index >= 15 is 0 Å². The number of benzene rings is 3. The zero-order chi connectivity index (χ0) is 22.9. The molecule has 1 aliphatic rings. The number of furan rings is 1. The third-order valence-corrected chi connectivity index (χ3v) is 7.38. The molecule has 0 atom stereocenters. The fourth-order valence-corrected chi connectivity index (χ4v) is 6.10. The summed E-state index contributed by atoms with van der Waals surface area (Å²) in [6.45, 7) is 6.37. The van der Waals surface area contributed by atoms with Gasteiger partial charge in [-0.3, -0.25) is 9.59 Å². The lowest BCUT2D eigenvalue weighted by Crippen LogP contribution is -1.99. The van der Waals surface area contributed by atoms with E-state index in [4.69, 9.17) is 4.42 Å². The SMILES string of the molecule is Cc1cc(C)c(-c2cc3oc(C=C4C(=O)c5cc6ccccc6cc5C4=O)cc3s2)c(C)c1. The van der Waals surface area contributed by atoms with Gasteiger partial charge in [-0.05, 0) is 66.4 Å². The largest absolute Gasteiger partial charge is 0.456 e. The minimum atomic E-state index is -0.243. The molecule has 0 bridgehead atoms. The molecule has 0 unspecified atom stereocenters. The first-order valence-electron chi connectivity index (χ1n) is 10.8. The van der Waals surface area contributed by atoms with Gasteiger partial charge in [0.2, 0.25) is 0 Å². The fraction of sp³-hybridized carbons (Fsp3) is 0.103. The van der Waals surface area contributed by atoms with Crippen LogP contribution < -0.4 is 0 Å². The first-order valence-corrected chi connectivity index (χ1v) is 11.7. The van der Waals surface area contributed by atoms with Gasteiger partial charge >= 0.3 is 0 Å². The maximum Gasteiger partial charge on any atom is 0.197 e. The Bertz CT molecular complexity index is 1570. The molecule has 2 aromatic heterocycles. The van der Waals surface area contributed by atoms with Gasteiger partial charge in [-0.2, -0.15) is 0 Å². The Morgan fingerprint density at radius 3 is 1.97 bits per heavy atom. The summed E-state index contributed by atoms with van der Waals surface area (Å²) >= 11 is 1.66. The molecule has 0 amide bonds. The molecule has 2 heterocycles. The molecule has 3 nitrogen and oxygen atoms in total. The molecule has 3 aromatic carbocycles. The van der Waals surface area contributed by atoms with Crippen LogP contribution in [0.2, 0.25) is 0 Å². The number of rotatable bonds is 2. The average Bonchev–Trinajstić information content (AvgIpc) is 3.39. The first kappa shape index (κ1) is 19.9. The van der Waals surface area contributed by atoms with Crippen LogP contribution in [0.1, 0.15) is 43.2 Å². The number of carbonyl (C=O) groups excluding carboxylic acids is 2. The molecular weight excluding hydrogens is 428 g/mol. The third-order valence-electron chi connectivity index (χ3n) is 6.30. The van der Waals surface area contributed by atoms with Crippen LogP contribution >= 0.6 is 11.3 Å². The molecule has 0 radical (unpaired) electrons. The minimum absolute atomic E-state index is 0.159. The van der Waals surface area contributed by atoms with Gasteiger partial charge in [0.15, 0.2) is 11.6 Å². The number of hydrogen-bond donors (Lipinski definition) is 0. The summed E-state index contributed by atoms with van der Waals surface area (Å²) in [5.41, 5.74) is 6.83. The maximum atomic E-state index is 13.0. The number of fused-ring (bicyclic) bond motifs is 3. The van der Waals surface area contributed by atoms with Gasteiger partial charge in [0.25, 0.3) is 0 Å². The second-order valence-electron chi connectivity index (χ2n) is 8.72. The molecule has 1 aliphatic carbocycles. The summed E-state index contributed by atoms with van der Waals surface area (Å²) in [7, 11) is 0. The predicted molar refractivity (Wildman–Crippen MR) is 134 cm³/mol. The van der Waals surface area contributed by atoms with Crippen molar-refractivity contribution < 1.29 is 14.0 Å². The number of ketones is 2. The van der Waals surface area contributed by atoms with Crippen molar-refractivity contribution in [3.63, 3.8) is 0 Å². The quantitative estimate of drug-likeness (QED) is 0.205. The third kappa shape index (κ3) is 3.10. The molecule has 33 heavy (non-hydrogen) atoms. The van der Waals surface area contributed by atoms with Crippen LogP contribution in [0, 0.1) is 20.8 Å². The number of Topliss-reactive ketones (excluding diaryl/α,β-unsaturated/α-hetero) is 2. The second-order valence-corrected chi connectivity index (χ2v) is 9.81. The lowest BCUT2D eigenvalue weighted by atomic mass is 9.99. The topological polar surface area (TPSA) is 47.3 Å². The van der Waals surface area contributed by atoms with Crippen molar-refractivity contribution in [2.75, 3.05) is 0 Å². The highest BCUT2D eigenvalue weighted by Gasteiger charge is 2.33. The lowest BCUT2D eigenvalue weighted by Gasteiger charge is -2.09. The Kier molecular flexibility index (Phi) is 4.29. The summed E-state index contributed by atoms with van der Waals surface area (Å²) < 4.78 is 7.04. The van der Waals surface area contributed by atoms with Crippen LogP contribution in [-0.2, 0) is 0 Å². The van der Waals surface area contributed by atoms with Crippen molar-refractivity contribution in [1.29, 1.82) is 0 Å². The molecule has 160 valence electrons. The highest BCUT2D eigenvalue weighted by Crippen LogP contribution is 2.39. The van der Waals surface area contributed by atoms with Gasteiger partial charge in [-0.25, -0.2) is 0 Å². The van der Waals surface area contributed by atoms with Gasteiger partial charge in [-0.15, -0.1) is 11.3 Å². The zero-order valence-corrected chi connectivity index (χ0v) is 19.3. The molecule has 0 N–H and O–H groups in total. The molecule has 5 aromatic rings. The highest BCUT2D eigenvalue weighted by molar-refractivity contribution is 7.22. The van der Waals surface area contributed by atoms with Crippen molar-refractivity contribution >= 4 is 50.0 Å². The Hall–Kier alpha value is -3.76. The Balaban J connectivity index is 1.39. The summed E-state index contributed by atoms with van der Waals surface area (Å²) in [4.78, 5) is 27.2. The summed E-state index contributed by atoms with van der Waals surface area (Å²) in [6.07, 6.45) is 1.59. The van der Waals surface area contributed by atoms with Crippen molar-refractivity contribution in [3.8, 4) is 10.4 Å². The van der Waals surface area contributed by atoms with Crippen molar-refractivity contribution in [2.24, 2.45) is 0 Å². The van der Waals surface area contributed by atoms with Crippen LogP contribution in [-0.4, -0.2) is 11.6 Å². The van der Waals surface area contributed by atoms with E-state index in [2.05, 4.69) is 32.9 Å². The van der Waals surface area contributed by atoms with Gasteiger partial charge in [0.1, 0.15) is 11.3 Å². The zero-order valence-electron chi connectivity index (χ0n) is 18.5. The Morgan fingerprint density at radius 2 is 1.39 bits per heavy atom. The molecule has 0 saturated carbocycles. The molecule has 0 aliphatic heterocycles. The normalized spacial score (nSPS) is 13.4. The van der Waals surface area contributed by atoms with E-state index in [0.29, 0.717) is 16.9 Å². The summed E-state index contributed by atoms with van der Waals surface area (Å²) in [6, 6.07) is 19.7. The monoisotopic (exact) mass is 448 g/mol. The number of hydrogen-bond acceptors (Lipinski definition) is 4. The van der Waals surface area contributed by atoms with E-state index in [-0.39, 0.29) is 17.1 Å². The van der Waals surface area contributed by atoms with Crippen molar-refractivity contribution in [1.82, 2.24) is 0 Å². The van der Waals surface area contributed by atoms with Crippen LogP contribution in [0.3, 0.4) is 0 Å². The van der Waals surface area contributed by atoms with E-state index in [0.717, 1.165) is 25.9 Å². The van der Waals surface area contributed by atoms with Crippen molar-refractivity contribution in [3.05, 3.63) is 99.8 Å². The first-order chi connectivity index (χ1) is 15.9. The Morgan fingerprint density at radius 1 is 0.788 bits per heavy atom. The second kappa shape index (κ2) is 7.12. The lowest BCUT2D eigenvalue weighted by molar-refractivity contribution is 0.0990. The summed E-state index contributed by atoms with van der Waals surface area (Å²) in [5, 5.41) is 1.90. The van der Waals surface area contributed by atoms with Crippen molar-refractivity contribution in [2.45, 2.75) is 20.8 Å². The standard InChI is InChI=1S/C29H20O3S/c1-15-8-16(2)27(17(3)9-15)26-14-24-25(33-26)13-20(32-24)12-23-28(30)21-10-18-6-4-5-7-19(18)11-22(21)29(23)31/h4-14H,1-3H3. The molecule has 0 saturated heterocycles. The Labute approximate surface area is 195 Å². The van der Waals surface area contributed by atoms with Gasteiger partial charge in [-0.1, -0.05) is 42.0 Å².